The second-order valence-electron chi connectivity index (χ2n) is 4.48. The highest BCUT2D eigenvalue weighted by molar-refractivity contribution is 5.27. The summed E-state index contributed by atoms with van der Waals surface area (Å²) in [6, 6.07) is 0.643. The molecule has 0 bridgehead atoms. The molecule has 1 aliphatic rings. The summed E-state index contributed by atoms with van der Waals surface area (Å²) in [5.41, 5.74) is 2.66. The van der Waals surface area contributed by atoms with Crippen molar-refractivity contribution in [3.8, 4) is 0 Å². The summed E-state index contributed by atoms with van der Waals surface area (Å²) in [4.78, 5) is 0. The highest BCUT2D eigenvalue weighted by atomic mass is 15.0. The van der Waals surface area contributed by atoms with Gasteiger partial charge in [0.1, 0.15) is 0 Å². The van der Waals surface area contributed by atoms with E-state index < -0.39 is 0 Å². The van der Waals surface area contributed by atoms with Crippen LogP contribution in [0.3, 0.4) is 0 Å². The Bertz CT molecular complexity index is 253. The van der Waals surface area contributed by atoms with Crippen LogP contribution in [0.1, 0.15) is 52.4 Å². The molecule has 0 fully saturated rings. The summed E-state index contributed by atoms with van der Waals surface area (Å²) >= 11 is 0. The molecule has 1 rings (SSSR count). The van der Waals surface area contributed by atoms with E-state index in [0.29, 0.717) is 6.04 Å². The fourth-order valence-electron chi connectivity index (χ4n) is 2.12. The first-order chi connectivity index (χ1) is 7.81. The van der Waals surface area contributed by atoms with Gasteiger partial charge in [-0.2, -0.15) is 0 Å². The van der Waals surface area contributed by atoms with Crippen molar-refractivity contribution in [1.29, 1.82) is 0 Å². The Labute approximate surface area is 100 Å². The Morgan fingerprint density at radius 2 is 2.19 bits per heavy atom. The van der Waals surface area contributed by atoms with Gasteiger partial charge in [0, 0.05) is 18.8 Å². The van der Waals surface area contributed by atoms with E-state index in [1.54, 1.807) is 0 Å². The molecule has 0 aromatic heterocycles. The first-order valence-electron chi connectivity index (χ1n) is 6.65. The molecule has 0 aromatic carbocycles. The lowest BCUT2D eigenvalue weighted by atomic mass is 10.0. The van der Waals surface area contributed by atoms with Gasteiger partial charge in [-0.05, 0) is 31.8 Å². The largest absolute Gasteiger partial charge is 0.387 e. The monoisotopic (exact) mass is 222 g/mol. The van der Waals surface area contributed by atoms with Gasteiger partial charge in [-0.3, -0.25) is 0 Å². The van der Waals surface area contributed by atoms with E-state index in [-0.39, 0.29) is 0 Å². The van der Waals surface area contributed by atoms with E-state index in [1.165, 1.54) is 37.1 Å². The van der Waals surface area contributed by atoms with Gasteiger partial charge >= 0.3 is 0 Å². The zero-order valence-electron chi connectivity index (χ0n) is 11.0. The lowest BCUT2D eigenvalue weighted by Gasteiger charge is -2.24. The van der Waals surface area contributed by atoms with Crippen molar-refractivity contribution >= 4 is 0 Å². The van der Waals surface area contributed by atoms with E-state index in [1.807, 2.05) is 7.05 Å². The summed E-state index contributed by atoms with van der Waals surface area (Å²) < 4.78 is 0. The SMILES string of the molecule is CCCCC(CC)NC1=C(NC)C=CCC1. The fourth-order valence-corrected chi connectivity index (χ4v) is 2.12. The molecule has 0 heterocycles. The number of hydrogen-bond acceptors (Lipinski definition) is 2. The number of allylic oxidation sites excluding steroid dienone is 3. The summed E-state index contributed by atoms with van der Waals surface area (Å²) in [5.74, 6) is 0. The fraction of sp³-hybridized carbons (Fsp3) is 0.714. The van der Waals surface area contributed by atoms with Crippen molar-refractivity contribution in [2.45, 2.75) is 58.4 Å². The third kappa shape index (κ3) is 3.92. The maximum absolute atomic E-state index is 3.71. The topological polar surface area (TPSA) is 24.1 Å². The van der Waals surface area contributed by atoms with Crippen LogP contribution < -0.4 is 10.6 Å². The van der Waals surface area contributed by atoms with Crippen LogP contribution in [0, 0.1) is 0 Å². The highest BCUT2D eigenvalue weighted by Crippen LogP contribution is 2.17. The summed E-state index contributed by atoms with van der Waals surface area (Å²) in [7, 11) is 2.00. The average Bonchev–Trinajstić information content (AvgIpc) is 2.34. The molecule has 92 valence electrons. The predicted molar refractivity (Wildman–Crippen MR) is 71.2 cm³/mol. The molecule has 0 saturated carbocycles. The smallest absolute Gasteiger partial charge is 0.0527 e. The van der Waals surface area contributed by atoms with Gasteiger partial charge in [-0.1, -0.05) is 32.8 Å². The zero-order chi connectivity index (χ0) is 11.8. The quantitative estimate of drug-likeness (QED) is 0.690. The van der Waals surface area contributed by atoms with Crippen LogP contribution >= 0.6 is 0 Å². The molecule has 2 nitrogen and oxygen atoms in total. The second-order valence-corrected chi connectivity index (χ2v) is 4.48. The first kappa shape index (κ1) is 13.1. The minimum atomic E-state index is 0.643. The van der Waals surface area contributed by atoms with Crippen LogP contribution in [-0.4, -0.2) is 13.1 Å². The number of unbranched alkanes of at least 4 members (excludes halogenated alkanes) is 1. The summed E-state index contributed by atoms with van der Waals surface area (Å²) in [5, 5.41) is 6.98. The molecule has 0 saturated heterocycles. The minimum absolute atomic E-state index is 0.643. The van der Waals surface area contributed by atoms with E-state index in [0.717, 1.165) is 12.8 Å². The Kier molecular flexibility index (Phi) is 6.05. The second kappa shape index (κ2) is 7.37. The van der Waals surface area contributed by atoms with Crippen molar-refractivity contribution in [2.24, 2.45) is 0 Å². The zero-order valence-corrected chi connectivity index (χ0v) is 11.0. The lowest BCUT2D eigenvalue weighted by molar-refractivity contribution is 0.479. The molecule has 1 aliphatic carbocycles. The molecule has 0 spiro atoms. The van der Waals surface area contributed by atoms with Crippen LogP contribution in [0.4, 0.5) is 0 Å². The maximum atomic E-state index is 3.71. The Balaban J connectivity index is 2.54. The van der Waals surface area contributed by atoms with Gasteiger partial charge in [0.05, 0.1) is 5.70 Å². The van der Waals surface area contributed by atoms with Crippen LogP contribution in [0.25, 0.3) is 0 Å². The van der Waals surface area contributed by atoms with Gasteiger partial charge in [-0.15, -0.1) is 0 Å². The molecule has 1 atom stereocenters. The Hall–Kier alpha value is -0.920. The molecule has 2 heteroatoms. The molecule has 0 aliphatic heterocycles. The van der Waals surface area contributed by atoms with E-state index >= 15 is 0 Å². The van der Waals surface area contributed by atoms with E-state index in [4.69, 9.17) is 0 Å². The van der Waals surface area contributed by atoms with Crippen LogP contribution in [0.2, 0.25) is 0 Å². The number of likely N-dealkylation sites (N-methyl/N-ethyl adjacent to an activating group) is 1. The lowest BCUT2D eigenvalue weighted by Crippen LogP contribution is -2.31. The van der Waals surface area contributed by atoms with Gasteiger partial charge in [0.15, 0.2) is 0 Å². The third-order valence-electron chi connectivity index (χ3n) is 3.22. The van der Waals surface area contributed by atoms with Gasteiger partial charge in [-0.25, -0.2) is 0 Å². The Morgan fingerprint density at radius 1 is 1.38 bits per heavy atom. The van der Waals surface area contributed by atoms with Crippen molar-refractivity contribution < 1.29 is 0 Å². The predicted octanol–water partition coefficient (Wildman–Crippen LogP) is 3.33. The molecule has 16 heavy (non-hydrogen) atoms. The van der Waals surface area contributed by atoms with Gasteiger partial charge < -0.3 is 10.6 Å². The molecular formula is C14H26N2. The van der Waals surface area contributed by atoms with Crippen LogP contribution in [0.5, 0.6) is 0 Å². The summed E-state index contributed by atoms with van der Waals surface area (Å²) in [6.45, 7) is 4.53. The normalized spacial score (nSPS) is 17.4. The van der Waals surface area contributed by atoms with E-state index in [2.05, 4.69) is 36.6 Å². The maximum Gasteiger partial charge on any atom is 0.0527 e. The van der Waals surface area contributed by atoms with Crippen LogP contribution in [-0.2, 0) is 0 Å². The van der Waals surface area contributed by atoms with Crippen LogP contribution in [0.15, 0.2) is 23.5 Å². The molecule has 2 N–H and O–H groups in total. The number of rotatable bonds is 7. The van der Waals surface area contributed by atoms with Crippen molar-refractivity contribution in [3.05, 3.63) is 23.5 Å². The number of nitrogens with one attached hydrogen (secondary N) is 2. The van der Waals surface area contributed by atoms with E-state index in [9.17, 15) is 0 Å². The standard InChI is InChI=1S/C14H26N2/c1-4-6-9-12(5-2)16-14-11-8-7-10-13(14)15-3/h7,10,12,15-16H,4-6,8-9,11H2,1-3H3. The molecule has 0 aromatic rings. The van der Waals surface area contributed by atoms with Crippen molar-refractivity contribution in [3.63, 3.8) is 0 Å². The summed E-state index contributed by atoms with van der Waals surface area (Å²) in [6.07, 6.45) is 11.9. The highest BCUT2D eigenvalue weighted by Gasteiger charge is 2.11. The van der Waals surface area contributed by atoms with Gasteiger partial charge in [0.25, 0.3) is 0 Å². The average molecular weight is 222 g/mol. The molecule has 1 unspecified atom stereocenters. The third-order valence-corrected chi connectivity index (χ3v) is 3.22. The minimum Gasteiger partial charge on any atom is -0.387 e. The molecular weight excluding hydrogens is 196 g/mol. The Morgan fingerprint density at radius 3 is 2.81 bits per heavy atom. The first-order valence-corrected chi connectivity index (χ1v) is 6.65. The molecule has 0 amide bonds. The number of hydrogen-bond donors (Lipinski definition) is 2. The van der Waals surface area contributed by atoms with Gasteiger partial charge in [0.2, 0.25) is 0 Å². The van der Waals surface area contributed by atoms with Crippen molar-refractivity contribution in [2.75, 3.05) is 7.05 Å². The molecule has 0 radical (unpaired) electrons. The van der Waals surface area contributed by atoms with Crippen molar-refractivity contribution in [1.82, 2.24) is 10.6 Å².